The van der Waals surface area contributed by atoms with Gasteiger partial charge in [-0.05, 0) is 51.3 Å². The molecule has 0 aromatic heterocycles. The number of amides is 1. The van der Waals surface area contributed by atoms with Crippen LogP contribution in [0.2, 0.25) is 0 Å². The maximum atomic E-state index is 12.3. The molecule has 0 saturated carbocycles. The predicted molar refractivity (Wildman–Crippen MR) is 88.9 cm³/mol. The highest BCUT2D eigenvalue weighted by molar-refractivity contribution is 5.79. The Morgan fingerprint density at radius 2 is 1.87 bits per heavy atom. The van der Waals surface area contributed by atoms with E-state index in [1.165, 1.54) is 0 Å². The van der Waals surface area contributed by atoms with Gasteiger partial charge in [0.15, 0.2) is 11.5 Å². The van der Waals surface area contributed by atoms with Gasteiger partial charge in [0.2, 0.25) is 5.91 Å². The van der Waals surface area contributed by atoms with Crippen LogP contribution in [0.3, 0.4) is 0 Å². The zero-order valence-electron chi connectivity index (χ0n) is 14.3. The van der Waals surface area contributed by atoms with E-state index >= 15 is 0 Å². The molecule has 1 N–H and O–H groups in total. The first-order chi connectivity index (χ1) is 11.2. The number of ether oxygens (including phenoxy) is 3. The molecular weight excluding hydrogens is 294 g/mol. The van der Waals surface area contributed by atoms with Crippen LogP contribution in [0.15, 0.2) is 18.2 Å². The van der Waals surface area contributed by atoms with Gasteiger partial charge in [0, 0.05) is 19.1 Å². The van der Waals surface area contributed by atoms with E-state index in [1.54, 1.807) is 0 Å². The Morgan fingerprint density at radius 1 is 1.22 bits per heavy atom. The highest BCUT2D eigenvalue weighted by Crippen LogP contribution is 2.31. The van der Waals surface area contributed by atoms with Gasteiger partial charge >= 0.3 is 0 Å². The lowest BCUT2D eigenvalue weighted by atomic mass is 9.98. The van der Waals surface area contributed by atoms with Crippen molar-refractivity contribution in [2.24, 2.45) is 5.92 Å². The lowest BCUT2D eigenvalue weighted by Gasteiger charge is -2.24. The third-order valence-corrected chi connectivity index (χ3v) is 4.02. The van der Waals surface area contributed by atoms with E-state index in [-0.39, 0.29) is 17.9 Å². The zero-order chi connectivity index (χ0) is 16.7. The third-order valence-electron chi connectivity index (χ3n) is 4.02. The summed E-state index contributed by atoms with van der Waals surface area (Å²) in [6.07, 6.45) is 1.60. The largest absolute Gasteiger partial charge is 0.490 e. The second-order valence-electron chi connectivity index (χ2n) is 5.69. The SMILES string of the molecule is CCOc1ccc(C(C)NC(=O)C2CCOCC2)cc1OCC. The Morgan fingerprint density at radius 3 is 2.52 bits per heavy atom. The molecule has 5 heteroatoms. The maximum Gasteiger partial charge on any atom is 0.223 e. The number of nitrogens with one attached hydrogen (secondary N) is 1. The number of carbonyl (C=O) groups is 1. The number of hydrogen-bond acceptors (Lipinski definition) is 4. The van der Waals surface area contributed by atoms with E-state index in [0.717, 1.165) is 29.9 Å². The highest BCUT2D eigenvalue weighted by atomic mass is 16.5. The molecule has 1 saturated heterocycles. The molecule has 1 heterocycles. The average Bonchev–Trinajstić information content (AvgIpc) is 2.57. The lowest BCUT2D eigenvalue weighted by Crippen LogP contribution is -2.35. The van der Waals surface area contributed by atoms with E-state index in [1.807, 2.05) is 39.0 Å². The fourth-order valence-electron chi connectivity index (χ4n) is 2.71. The monoisotopic (exact) mass is 321 g/mol. The summed E-state index contributed by atoms with van der Waals surface area (Å²) < 4.78 is 16.5. The first-order valence-electron chi connectivity index (χ1n) is 8.43. The molecule has 2 rings (SSSR count). The summed E-state index contributed by atoms with van der Waals surface area (Å²) in [6, 6.07) is 5.76. The standard InChI is InChI=1S/C18H27NO4/c1-4-22-16-7-6-15(12-17(16)23-5-2)13(3)19-18(20)14-8-10-21-11-9-14/h6-7,12-14H,4-5,8-11H2,1-3H3,(H,19,20). The highest BCUT2D eigenvalue weighted by Gasteiger charge is 2.23. The van der Waals surface area contributed by atoms with E-state index in [4.69, 9.17) is 14.2 Å². The summed E-state index contributed by atoms with van der Waals surface area (Å²) in [4.78, 5) is 12.3. The minimum atomic E-state index is -0.0692. The smallest absolute Gasteiger partial charge is 0.223 e. The molecule has 0 spiro atoms. The molecule has 0 aliphatic carbocycles. The van der Waals surface area contributed by atoms with Crippen LogP contribution >= 0.6 is 0 Å². The topological polar surface area (TPSA) is 56.8 Å². The van der Waals surface area contributed by atoms with Gasteiger partial charge in [-0.3, -0.25) is 4.79 Å². The summed E-state index contributed by atoms with van der Waals surface area (Å²) in [5, 5.41) is 3.10. The van der Waals surface area contributed by atoms with Crippen molar-refractivity contribution < 1.29 is 19.0 Å². The van der Waals surface area contributed by atoms with Crippen LogP contribution in [-0.2, 0) is 9.53 Å². The molecule has 0 bridgehead atoms. The zero-order valence-corrected chi connectivity index (χ0v) is 14.3. The molecule has 1 aromatic carbocycles. The molecule has 128 valence electrons. The van der Waals surface area contributed by atoms with Crippen LogP contribution in [0.4, 0.5) is 0 Å². The van der Waals surface area contributed by atoms with E-state index in [9.17, 15) is 4.79 Å². The van der Waals surface area contributed by atoms with E-state index in [0.29, 0.717) is 26.4 Å². The van der Waals surface area contributed by atoms with Crippen LogP contribution in [0.5, 0.6) is 11.5 Å². The molecule has 1 fully saturated rings. The summed E-state index contributed by atoms with van der Waals surface area (Å²) in [5.74, 6) is 1.62. The number of benzene rings is 1. The van der Waals surface area contributed by atoms with Gasteiger partial charge in [0.25, 0.3) is 0 Å². The van der Waals surface area contributed by atoms with Gasteiger partial charge in [0.05, 0.1) is 19.3 Å². The van der Waals surface area contributed by atoms with Crippen molar-refractivity contribution in [2.75, 3.05) is 26.4 Å². The molecule has 1 amide bonds. The molecule has 1 aliphatic heterocycles. The number of rotatable bonds is 7. The predicted octanol–water partition coefficient (Wildman–Crippen LogP) is 3.09. The third kappa shape index (κ3) is 4.86. The normalized spacial score (nSPS) is 16.7. The summed E-state index contributed by atoms with van der Waals surface area (Å²) in [5.41, 5.74) is 1.01. The first kappa shape index (κ1) is 17.6. The van der Waals surface area contributed by atoms with Gasteiger partial charge in [0.1, 0.15) is 0 Å². The van der Waals surface area contributed by atoms with Crippen molar-refractivity contribution >= 4 is 5.91 Å². The van der Waals surface area contributed by atoms with Crippen LogP contribution in [0.1, 0.15) is 45.2 Å². The molecule has 1 aliphatic rings. The molecule has 1 unspecified atom stereocenters. The Kier molecular flexibility index (Phi) is 6.71. The Bertz CT molecular complexity index is 512. The second kappa shape index (κ2) is 8.77. The van der Waals surface area contributed by atoms with Crippen molar-refractivity contribution in [1.82, 2.24) is 5.32 Å². The molecule has 1 aromatic rings. The lowest BCUT2D eigenvalue weighted by molar-refractivity contribution is -0.128. The quantitative estimate of drug-likeness (QED) is 0.838. The molecular formula is C18H27NO4. The van der Waals surface area contributed by atoms with Gasteiger partial charge in [-0.25, -0.2) is 0 Å². The van der Waals surface area contributed by atoms with E-state index in [2.05, 4.69) is 5.32 Å². The van der Waals surface area contributed by atoms with Crippen LogP contribution in [0.25, 0.3) is 0 Å². The van der Waals surface area contributed by atoms with Crippen LogP contribution < -0.4 is 14.8 Å². The van der Waals surface area contributed by atoms with Crippen LogP contribution in [-0.4, -0.2) is 32.3 Å². The van der Waals surface area contributed by atoms with Gasteiger partial charge in [-0.2, -0.15) is 0 Å². The Labute approximate surface area is 138 Å². The molecule has 5 nitrogen and oxygen atoms in total. The van der Waals surface area contributed by atoms with Crippen molar-refractivity contribution in [2.45, 2.75) is 39.7 Å². The average molecular weight is 321 g/mol. The summed E-state index contributed by atoms with van der Waals surface area (Å²) in [7, 11) is 0. The molecule has 23 heavy (non-hydrogen) atoms. The Balaban J connectivity index is 2.04. The van der Waals surface area contributed by atoms with Gasteiger partial charge < -0.3 is 19.5 Å². The molecule has 1 atom stereocenters. The fraction of sp³-hybridized carbons (Fsp3) is 0.611. The fourth-order valence-corrected chi connectivity index (χ4v) is 2.71. The van der Waals surface area contributed by atoms with Crippen molar-refractivity contribution in [3.05, 3.63) is 23.8 Å². The number of carbonyl (C=O) groups excluding carboxylic acids is 1. The first-order valence-corrected chi connectivity index (χ1v) is 8.43. The Hall–Kier alpha value is -1.75. The summed E-state index contributed by atoms with van der Waals surface area (Å²) in [6.45, 7) is 8.39. The second-order valence-corrected chi connectivity index (χ2v) is 5.69. The van der Waals surface area contributed by atoms with Gasteiger partial charge in [-0.15, -0.1) is 0 Å². The van der Waals surface area contributed by atoms with Crippen molar-refractivity contribution in [1.29, 1.82) is 0 Å². The van der Waals surface area contributed by atoms with Gasteiger partial charge in [-0.1, -0.05) is 6.07 Å². The van der Waals surface area contributed by atoms with Crippen LogP contribution in [0, 0.1) is 5.92 Å². The maximum absolute atomic E-state index is 12.3. The summed E-state index contributed by atoms with van der Waals surface area (Å²) >= 11 is 0. The minimum absolute atomic E-state index is 0.0558. The van der Waals surface area contributed by atoms with E-state index < -0.39 is 0 Å². The minimum Gasteiger partial charge on any atom is -0.490 e. The van der Waals surface area contributed by atoms with Crippen molar-refractivity contribution in [3.63, 3.8) is 0 Å². The number of hydrogen-bond donors (Lipinski definition) is 1. The van der Waals surface area contributed by atoms with Crippen molar-refractivity contribution in [3.8, 4) is 11.5 Å². The molecule has 0 radical (unpaired) electrons.